The van der Waals surface area contributed by atoms with Crippen molar-refractivity contribution in [3.8, 4) is 0 Å². The fraction of sp³-hybridized carbons (Fsp3) is 0.333. The van der Waals surface area contributed by atoms with E-state index in [1.807, 2.05) is 24.3 Å². The van der Waals surface area contributed by atoms with E-state index in [9.17, 15) is 4.79 Å². The van der Waals surface area contributed by atoms with Crippen LogP contribution in [0.1, 0.15) is 13.8 Å². The van der Waals surface area contributed by atoms with Gasteiger partial charge in [-0.2, -0.15) is 4.98 Å². The number of nitrogens with one attached hydrogen (secondary N) is 1. The fourth-order valence-corrected chi connectivity index (χ4v) is 1.32. The summed E-state index contributed by atoms with van der Waals surface area (Å²) >= 11 is 0. The first-order chi connectivity index (χ1) is 7.99. The highest BCUT2D eigenvalue weighted by molar-refractivity contribution is 5.75. The third-order valence-corrected chi connectivity index (χ3v) is 2.55. The molecule has 2 N–H and O–H groups in total. The van der Waals surface area contributed by atoms with Gasteiger partial charge in [-0.25, -0.2) is 0 Å². The summed E-state index contributed by atoms with van der Waals surface area (Å²) < 4.78 is 5.43. The summed E-state index contributed by atoms with van der Waals surface area (Å²) in [7, 11) is 0. The van der Waals surface area contributed by atoms with Gasteiger partial charge in [0.05, 0.1) is 5.41 Å². The lowest BCUT2D eigenvalue weighted by atomic mass is 9.94. The second kappa shape index (κ2) is 4.08. The van der Waals surface area contributed by atoms with Crippen LogP contribution in [0.5, 0.6) is 0 Å². The third kappa shape index (κ3) is 2.38. The Balaban J connectivity index is 2.12. The monoisotopic (exact) mass is 234 g/mol. The molecule has 90 valence electrons. The molecule has 2 rings (SSSR count). The van der Waals surface area contributed by atoms with Gasteiger partial charge in [0.1, 0.15) is 5.52 Å². The molecule has 1 aromatic carbocycles. The Bertz CT molecular complexity index is 512. The van der Waals surface area contributed by atoms with E-state index in [4.69, 9.17) is 9.52 Å². The average Bonchev–Trinajstić information content (AvgIpc) is 2.69. The van der Waals surface area contributed by atoms with E-state index in [0.717, 1.165) is 5.52 Å². The number of carboxylic acids is 1. The van der Waals surface area contributed by atoms with E-state index in [2.05, 4.69) is 10.3 Å². The first-order valence-electron chi connectivity index (χ1n) is 5.32. The molecular weight excluding hydrogens is 220 g/mol. The Morgan fingerprint density at radius 2 is 2.18 bits per heavy atom. The minimum absolute atomic E-state index is 0.259. The van der Waals surface area contributed by atoms with Gasteiger partial charge in [0.15, 0.2) is 5.58 Å². The molecule has 17 heavy (non-hydrogen) atoms. The zero-order valence-corrected chi connectivity index (χ0v) is 9.73. The molecule has 5 heteroatoms. The number of nitrogens with zero attached hydrogens (tertiary/aromatic N) is 1. The van der Waals surface area contributed by atoms with E-state index < -0.39 is 11.4 Å². The zero-order chi connectivity index (χ0) is 12.5. The van der Waals surface area contributed by atoms with Crippen LogP contribution < -0.4 is 5.32 Å². The Morgan fingerprint density at radius 3 is 2.82 bits per heavy atom. The molecule has 2 aromatic rings. The number of hydrogen-bond acceptors (Lipinski definition) is 4. The predicted octanol–water partition coefficient (Wildman–Crippen LogP) is 2.35. The van der Waals surface area contributed by atoms with E-state index in [1.54, 1.807) is 13.8 Å². The number of benzene rings is 1. The molecule has 0 saturated carbocycles. The highest BCUT2D eigenvalue weighted by Gasteiger charge is 2.27. The molecule has 0 fully saturated rings. The van der Waals surface area contributed by atoms with Gasteiger partial charge in [-0.1, -0.05) is 12.1 Å². The number of carboxylic acid groups (broad SMARTS) is 1. The Morgan fingerprint density at radius 1 is 1.47 bits per heavy atom. The van der Waals surface area contributed by atoms with Crippen LogP contribution in [-0.2, 0) is 4.79 Å². The summed E-state index contributed by atoms with van der Waals surface area (Å²) in [5, 5.41) is 11.9. The SMILES string of the molecule is CC(C)(CNc1nc2ccccc2o1)C(=O)O. The average molecular weight is 234 g/mol. The molecule has 0 amide bonds. The lowest BCUT2D eigenvalue weighted by molar-refractivity contribution is -0.146. The van der Waals surface area contributed by atoms with E-state index in [-0.39, 0.29) is 6.54 Å². The molecule has 1 aromatic heterocycles. The van der Waals surface area contributed by atoms with Crippen molar-refractivity contribution >= 4 is 23.1 Å². The largest absolute Gasteiger partial charge is 0.481 e. The number of aliphatic carboxylic acids is 1. The van der Waals surface area contributed by atoms with Gasteiger partial charge in [0, 0.05) is 6.54 Å². The number of rotatable bonds is 4. The topological polar surface area (TPSA) is 75.4 Å². The predicted molar refractivity (Wildman–Crippen MR) is 63.9 cm³/mol. The molecule has 0 atom stereocenters. The Hall–Kier alpha value is -2.04. The summed E-state index contributed by atoms with van der Waals surface area (Å²) in [5.74, 6) is -0.860. The number of fused-ring (bicyclic) bond motifs is 1. The number of hydrogen-bond donors (Lipinski definition) is 2. The lowest BCUT2D eigenvalue weighted by Gasteiger charge is -2.18. The van der Waals surface area contributed by atoms with Crippen LogP contribution in [0.2, 0.25) is 0 Å². The van der Waals surface area contributed by atoms with Crippen LogP contribution in [0, 0.1) is 5.41 Å². The lowest BCUT2D eigenvalue weighted by Crippen LogP contribution is -2.31. The summed E-state index contributed by atoms with van der Waals surface area (Å²) in [5.41, 5.74) is 0.576. The van der Waals surface area contributed by atoms with Crippen molar-refractivity contribution in [3.63, 3.8) is 0 Å². The fourth-order valence-electron chi connectivity index (χ4n) is 1.32. The van der Waals surface area contributed by atoms with Crippen LogP contribution >= 0.6 is 0 Å². The maximum absolute atomic E-state index is 10.9. The summed E-state index contributed by atoms with van der Waals surface area (Å²) in [6.45, 7) is 3.55. The van der Waals surface area contributed by atoms with Crippen molar-refractivity contribution < 1.29 is 14.3 Å². The third-order valence-electron chi connectivity index (χ3n) is 2.55. The molecule has 0 spiro atoms. The van der Waals surface area contributed by atoms with Gasteiger partial charge in [-0.15, -0.1) is 0 Å². The Labute approximate surface area is 98.5 Å². The molecule has 0 unspecified atom stereocenters. The normalized spacial score (nSPS) is 11.6. The van der Waals surface area contributed by atoms with Crippen molar-refractivity contribution in [3.05, 3.63) is 24.3 Å². The van der Waals surface area contributed by atoms with Crippen LogP contribution in [0.4, 0.5) is 6.01 Å². The number of oxazole rings is 1. The standard InChI is InChI=1S/C12H14N2O3/c1-12(2,10(15)16)7-13-11-14-8-5-3-4-6-9(8)17-11/h3-6H,7H2,1-2H3,(H,13,14)(H,15,16). The van der Waals surface area contributed by atoms with E-state index in [1.165, 1.54) is 0 Å². The molecule has 0 aliphatic heterocycles. The number of carbonyl (C=O) groups is 1. The maximum Gasteiger partial charge on any atom is 0.310 e. The van der Waals surface area contributed by atoms with E-state index in [0.29, 0.717) is 11.6 Å². The molecule has 5 nitrogen and oxygen atoms in total. The molecule has 0 aliphatic carbocycles. The smallest absolute Gasteiger partial charge is 0.310 e. The second-order valence-corrected chi connectivity index (χ2v) is 4.53. The molecular formula is C12H14N2O3. The highest BCUT2D eigenvalue weighted by Crippen LogP contribution is 2.20. The van der Waals surface area contributed by atoms with Gasteiger partial charge in [0.25, 0.3) is 6.01 Å². The zero-order valence-electron chi connectivity index (χ0n) is 9.73. The first-order valence-corrected chi connectivity index (χ1v) is 5.32. The van der Waals surface area contributed by atoms with Crippen molar-refractivity contribution in [2.45, 2.75) is 13.8 Å². The molecule has 0 aliphatic rings. The van der Waals surface area contributed by atoms with Crippen LogP contribution in [0.3, 0.4) is 0 Å². The van der Waals surface area contributed by atoms with Crippen molar-refractivity contribution in [1.82, 2.24) is 4.98 Å². The van der Waals surface area contributed by atoms with E-state index >= 15 is 0 Å². The van der Waals surface area contributed by atoms with Crippen molar-refractivity contribution in [2.75, 3.05) is 11.9 Å². The molecule has 0 bridgehead atoms. The van der Waals surface area contributed by atoms with Gasteiger partial charge in [-0.3, -0.25) is 4.79 Å². The first kappa shape index (κ1) is 11.4. The van der Waals surface area contributed by atoms with Crippen molar-refractivity contribution in [2.24, 2.45) is 5.41 Å². The maximum atomic E-state index is 10.9. The van der Waals surface area contributed by atoms with Gasteiger partial charge in [-0.05, 0) is 26.0 Å². The highest BCUT2D eigenvalue weighted by atomic mass is 16.4. The summed E-state index contributed by atoms with van der Waals surface area (Å²) in [4.78, 5) is 15.1. The molecule has 0 saturated heterocycles. The van der Waals surface area contributed by atoms with Gasteiger partial charge >= 0.3 is 5.97 Å². The quantitative estimate of drug-likeness (QED) is 0.849. The van der Waals surface area contributed by atoms with Gasteiger partial charge in [0.2, 0.25) is 0 Å². The number of anilines is 1. The van der Waals surface area contributed by atoms with Crippen LogP contribution in [0.15, 0.2) is 28.7 Å². The minimum Gasteiger partial charge on any atom is -0.481 e. The molecule has 1 heterocycles. The van der Waals surface area contributed by atoms with Crippen molar-refractivity contribution in [1.29, 1.82) is 0 Å². The Kier molecular flexibility index (Phi) is 2.75. The number of para-hydroxylation sites is 2. The van der Waals surface area contributed by atoms with Gasteiger partial charge < -0.3 is 14.8 Å². The molecule has 0 radical (unpaired) electrons. The van der Waals surface area contributed by atoms with Crippen LogP contribution in [0.25, 0.3) is 11.1 Å². The number of aromatic nitrogens is 1. The summed E-state index contributed by atoms with van der Waals surface area (Å²) in [6, 6.07) is 7.73. The van der Waals surface area contributed by atoms with Crippen LogP contribution in [-0.4, -0.2) is 22.6 Å². The second-order valence-electron chi connectivity index (χ2n) is 4.53. The summed E-state index contributed by atoms with van der Waals surface area (Å²) in [6.07, 6.45) is 0. The minimum atomic E-state index is -0.860.